The number of carbonyl (C=O) groups is 3. The molecule has 200 valence electrons. The van der Waals surface area contributed by atoms with Crippen molar-refractivity contribution in [1.82, 2.24) is 0 Å². The molecule has 0 spiro atoms. The number of nitrogens with zero attached hydrogens (tertiary/aromatic N) is 1. The lowest BCUT2D eigenvalue weighted by molar-refractivity contribution is -0.114. The summed E-state index contributed by atoms with van der Waals surface area (Å²) in [5.74, 6) is -1.74. The van der Waals surface area contributed by atoms with Gasteiger partial charge in [0.1, 0.15) is 18.0 Å². The van der Waals surface area contributed by atoms with E-state index in [1.165, 1.54) is 69.9 Å². The minimum absolute atomic E-state index is 0.0482. The Hall–Kier alpha value is -4.58. The van der Waals surface area contributed by atoms with Crippen LogP contribution < -0.4 is 19.1 Å². The first-order valence-electron chi connectivity index (χ1n) is 11.1. The molecule has 38 heavy (non-hydrogen) atoms. The van der Waals surface area contributed by atoms with Crippen LogP contribution in [0.25, 0.3) is 0 Å². The number of hydrogen-bond donors (Lipinski definition) is 1. The van der Waals surface area contributed by atoms with Crippen LogP contribution in [0.5, 0.6) is 11.5 Å². The highest BCUT2D eigenvalue weighted by Gasteiger charge is 2.30. The van der Waals surface area contributed by atoms with Crippen LogP contribution in [0.1, 0.15) is 20.7 Å². The van der Waals surface area contributed by atoms with Gasteiger partial charge in [0, 0.05) is 6.07 Å². The molecule has 0 bridgehead atoms. The van der Waals surface area contributed by atoms with Gasteiger partial charge in [-0.05, 0) is 42.5 Å². The van der Waals surface area contributed by atoms with Crippen molar-refractivity contribution in [1.29, 1.82) is 0 Å². The summed E-state index contributed by atoms with van der Waals surface area (Å²) in [7, 11) is 0.878. The number of anilines is 2. The number of hydrogen-bond acceptors (Lipinski definition) is 9. The maximum atomic E-state index is 13.7. The van der Waals surface area contributed by atoms with E-state index < -0.39 is 34.4 Å². The number of amides is 1. The number of carbonyl (C=O) groups excluding carboxylic acids is 3. The van der Waals surface area contributed by atoms with Crippen molar-refractivity contribution in [3.05, 3.63) is 77.9 Å². The van der Waals surface area contributed by atoms with E-state index in [4.69, 9.17) is 18.9 Å². The molecule has 3 rings (SSSR count). The van der Waals surface area contributed by atoms with E-state index in [0.717, 1.165) is 11.4 Å². The van der Waals surface area contributed by atoms with E-state index in [-0.39, 0.29) is 33.1 Å². The van der Waals surface area contributed by atoms with E-state index in [1.54, 1.807) is 18.2 Å². The minimum atomic E-state index is -4.26. The molecule has 0 saturated heterocycles. The van der Waals surface area contributed by atoms with Crippen LogP contribution in [0, 0.1) is 0 Å². The largest absolute Gasteiger partial charge is 0.497 e. The highest BCUT2D eigenvalue weighted by Crippen LogP contribution is 2.35. The molecule has 12 heteroatoms. The molecule has 0 radical (unpaired) electrons. The summed E-state index contributed by atoms with van der Waals surface area (Å²) in [6.07, 6.45) is 0. The molecule has 0 aliphatic rings. The Morgan fingerprint density at radius 2 is 1.50 bits per heavy atom. The molecule has 1 amide bonds. The van der Waals surface area contributed by atoms with Crippen LogP contribution in [0.15, 0.2) is 71.6 Å². The number of benzene rings is 3. The lowest BCUT2D eigenvalue weighted by Gasteiger charge is -2.26. The third-order valence-electron chi connectivity index (χ3n) is 5.39. The van der Waals surface area contributed by atoms with Crippen molar-refractivity contribution >= 4 is 39.2 Å². The van der Waals surface area contributed by atoms with Crippen molar-refractivity contribution in [2.24, 2.45) is 0 Å². The number of sulfonamides is 1. The predicted octanol–water partition coefficient (Wildman–Crippen LogP) is 3.11. The van der Waals surface area contributed by atoms with Crippen LogP contribution >= 0.6 is 0 Å². The zero-order chi connectivity index (χ0) is 27.9. The summed E-state index contributed by atoms with van der Waals surface area (Å²) >= 11 is 0. The molecule has 0 fully saturated rings. The standard InChI is InChI=1S/C26H26N2O9S/c1-34-18-11-13-22(23(15-18)35-2)28(38(32,33)19-8-6-5-7-9-19)16-24(29)27-21-14-17(25(30)36-3)10-12-20(21)26(31)37-4/h5-15H,16H2,1-4H3,(H,27,29). The summed E-state index contributed by atoms with van der Waals surface area (Å²) in [6.45, 7) is -0.705. The Kier molecular flexibility index (Phi) is 8.92. The number of nitrogens with one attached hydrogen (secondary N) is 1. The van der Waals surface area contributed by atoms with Crippen molar-refractivity contribution in [3.63, 3.8) is 0 Å². The van der Waals surface area contributed by atoms with Crippen molar-refractivity contribution < 1.29 is 41.7 Å². The Labute approximate surface area is 219 Å². The van der Waals surface area contributed by atoms with Crippen LogP contribution in [0.2, 0.25) is 0 Å². The molecule has 0 saturated carbocycles. The van der Waals surface area contributed by atoms with Gasteiger partial charge < -0.3 is 24.3 Å². The Morgan fingerprint density at radius 3 is 2.11 bits per heavy atom. The second-order valence-corrected chi connectivity index (χ2v) is 9.52. The molecular weight excluding hydrogens is 516 g/mol. The second kappa shape index (κ2) is 12.1. The van der Waals surface area contributed by atoms with Crippen molar-refractivity contribution in [2.45, 2.75) is 4.90 Å². The highest BCUT2D eigenvalue weighted by atomic mass is 32.2. The quantitative estimate of drug-likeness (QED) is 0.383. The van der Waals surface area contributed by atoms with Gasteiger partial charge in [-0.25, -0.2) is 18.0 Å². The van der Waals surface area contributed by atoms with E-state index in [2.05, 4.69) is 5.32 Å². The topological polar surface area (TPSA) is 138 Å². The van der Waals surface area contributed by atoms with Gasteiger partial charge in [-0.2, -0.15) is 0 Å². The number of esters is 2. The molecule has 0 aromatic heterocycles. The Morgan fingerprint density at radius 1 is 0.816 bits per heavy atom. The first-order chi connectivity index (χ1) is 18.2. The molecule has 0 unspecified atom stereocenters. The Bertz CT molecular complexity index is 1440. The first-order valence-corrected chi connectivity index (χ1v) is 12.5. The average molecular weight is 543 g/mol. The lowest BCUT2D eigenvalue weighted by atomic mass is 10.1. The van der Waals surface area contributed by atoms with Crippen LogP contribution in [0.3, 0.4) is 0 Å². The fraction of sp³-hybridized carbons (Fsp3) is 0.192. The van der Waals surface area contributed by atoms with Gasteiger partial charge in [-0.1, -0.05) is 18.2 Å². The summed E-state index contributed by atoms with van der Waals surface area (Å²) in [4.78, 5) is 37.5. The van der Waals surface area contributed by atoms with Gasteiger partial charge in [0.2, 0.25) is 5.91 Å². The monoisotopic (exact) mass is 542 g/mol. The van der Waals surface area contributed by atoms with E-state index in [9.17, 15) is 22.8 Å². The lowest BCUT2D eigenvalue weighted by Crippen LogP contribution is -2.38. The van der Waals surface area contributed by atoms with E-state index in [0.29, 0.717) is 5.75 Å². The molecule has 1 N–H and O–H groups in total. The van der Waals surface area contributed by atoms with Gasteiger partial charge in [-0.3, -0.25) is 9.10 Å². The van der Waals surface area contributed by atoms with Crippen LogP contribution in [-0.2, 0) is 24.3 Å². The van der Waals surface area contributed by atoms with Gasteiger partial charge in [0.25, 0.3) is 10.0 Å². The number of rotatable bonds is 10. The summed E-state index contributed by atoms with van der Waals surface area (Å²) < 4.78 is 48.3. The third kappa shape index (κ3) is 6.03. The minimum Gasteiger partial charge on any atom is -0.497 e. The van der Waals surface area contributed by atoms with E-state index in [1.807, 2.05) is 0 Å². The molecule has 0 aliphatic heterocycles. The molecule has 3 aromatic rings. The summed E-state index contributed by atoms with van der Waals surface area (Å²) in [5, 5.41) is 2.51. The number of methoxy groups -OCH3 is 4. The fourth-order valence-electron chi connectivity index (χ4n) is 3.51. The van der Waals surface area contributed by atoms with Gasteiger partial charge in [0.05, 0.1) is 55.8 Å². The molecule has 0 atom stereocenters. The fourth-order valence-corrected chi connectivity index (χ4v) is 4.96. The summed E-state index contributed by atoms with van der Waals surface area (Å²) in [5.41, 5.74) is 0.0151. The SMILES string of the molecule is COC(=O)c1ccc(C(=O)OC)c(NC(=O)CN(c2ccc(OC)cc2OC)S(=O)(=O)c2ccccc2)c1. The van der Waals surface area contributed by atoms with Gasteiger partial charge in [-0.15, -0.1) is 0 Å². The number of ether oxygens (including phenoxy) is 4. The van der Waals surface area contributed by atoms with Crippen LogP contribution in [-0.4, -0.2) is 61.2 Å². The normalized spacial score (nSPS) is 10.7. The maximum Gasteiger partial charge on any atom is 0.339 e. The summed E-state index contributed by atoms with van der Waals surface area (Å²) in [6, 6.07) is 15.9. The van der Waals surface area contributed by atoms with Crippen molar-refractivity contribution in [3.8, 4) is 11.5 Å². The predicted molar refractivity (Wildman–Crippen MR) is 138 cm³/mol. The zero-order valence-corrected chi connectivity index (χ0v) is 21.9. The molecule has 0 heterocycles. The first kappa shape index (κ1) is 28.0. The molecule has 11 nitrogen and oxygen atoms in total. The maximum absolute atomic E-state index is 13.7. The third-order valence-corrected chi connectivity index (χ3v) is 7.17. The highest BCUT2D eigenvalue weighted by molar-refractivity contribution is 7.92. The molecule has 3 aromatic carbocycles. The van der Waals surface area contributed by atoms with Crippen molar-refractivity contribution in [2.75, 3.05) is 44.6 Å². The molecule has 0 aliphatic carbocycles. The smallest absolute Gasteiger partial charge is 0.339 e. The molecular formula is C26H26N2O9S. The zero-order valence-electron chi connectivity index (χ0n) is 21.1. The van der Waals surface area contributed by atoms with Crippen LogP contribution in [0.4, 0.5) is 11.4 Å². The second-order valence-electron chi connectivity index (χ2n) is 7.65. The van der Waals surface area contributed by atoms with Gasteiger partial charge >= 0.3 is 11.9 Å². The Balaban J connectivity index is 2.07. The van der Waals surface area contributed by atoms with E-state index >= 15 is 0 Å². The van der Waals surface area contributed by atoms with Gasteiger partial charge in [0.15, 0.2) is 0 Å². The average Bonchev–Trinajstić information content (AvgIpc) is 2.95.